The molecule has 5 nitrogen and oxygen atoms in total. The summed E-state index contributed by atoms with van der Waals surface area (Å²) in [4.78, 5) is 15.7. The Morgan fingerprint density at radius 3 is 2.93 bits per heavy atom. The van der Waals surface area contributed by atoms with E-state index in [1.165, 1.54) is 23.9 Å². The van der Waals surface area contributed by atoms with E-state index in [-0.39, 0.29) is 11.6 Å². The largest absolute Gasteiger partial charge is 0.494 e. The maximum Gasteiger partial charge on any atom is 0.224 e. The second kappa shape index (κ2) is 8.65. The Morgan fingerprint density at radius 1 is 1.17 bits per heavy atom. The first-order valence-corrected chi connectivity index (χ1v) is 10.3. The van der Waals surface area contributed by atoms with Crippen LogP contribution in [-0.4, -0.2) is 27.8 Å². The summed E-state index contributed by atoms with van der Waals surface area (Å²) >= 11 is 1.48. The van der Waals surface area contributed by atoms with Gasteiger partial charge in [-0.25, -0.2) is 13.8 Å². The average Bonchev–Trinajstić information content (AvgIpc) is 3.16. The van der Waals surface area contributed by atoms with Gasteiger partial charge < -0.3 is 10.1 Å². The van der Waals surface area contributed by atoms with E-state index in [2.05, 4.69) is 10.3 Å². The number of ether oxygens (including phenoxy) is 1. The van der Waals surface area contributed by atoms with E-state index in [0.29, 0.717) is 18.2 Å². The predicted octanol–water partition coefficient (Wildman–Crippen LogP) is 4.60. The molecular formula is C21H19F2N3O2S. The lowest BCUT2D eigenvalue weighted by Gasteiger charge is -2.17. The van der Waals surface area contributed by atoms with Crippen molar-refractivity contribution in [3.8, 4) is 11.4 Å². The summed E-state index contributed by atoms with van der Waals surface area (Å²) in [5.41, 5.74) is 2.20. The van der Waals surface area contributed by atoms with Crippen LogP contribution >= 0.6 is 11.8 Å². The lowest BCUT2D eigenvalue weighted by molar-refractivity contribution is -0.116. The molecule has 0 fully saturated rings. The smallest absolute Gasteiger partial charge is 0.224 e. The van der Waals surface area contributed by atoms with Crippen LogP contribution in [0.3, 0.4) is 0 Å². The predicted molar refractivity (Wildman–Crippen MR) is 108 cm³/mol. The lowest BCUT2D eigenvalue weighted by Crippen LogP contribution is -2.18. The number of anilines is 1. The van der Waals surface area contributed by atoms with Gasteiger partial charge in [0.1, 0.15) is 17.4 Å². The number of thioether (sulfide) groups is 1. The molecule has 1 N–H and O–H groups in total. The number of benzene rings is 2. The van der Waals surface area contributed by atoms with Gasteiger partial charge in [-0.1, -0.05) is 11.8 Å². The van der Waals surface area contributed by atoms with Gasteiger partial charge >= 0.3 is 0 Å². The fourth-order valence-electron chi connectivity index (χ4n) is 3.12. The Labute approximate surface area is 171 Å². The Bertz CT molecular complexity index is 1040. The number of aryl methyl sites for hydroxylation is 1. The number of rotatable bonds is 7. The highest BCUT2D eigenvalue weighted by Gasteiger charge is 2.15. The standard InChI is InChI=1S/C21H19F2N3O2S/c22-15-3-6-19(17(23)13-15)26-9-8-24-21(26)29-11-1-10-28-16-4-5-18-14(12-16)2-7-20(27)25-18/h3-6,8-9,12-13H,1-2,7,10-11H2,(H,25,27). The highest BCUT2D eigenvalue weighted by atomic mass is 32.2. The number of halogens is 2. The fourth-order valence-corrected chi connectivity index (χ4v) is 4.00. The van der Waals surface area contributed by atoms with E-state index < -0.39 is 11.6 Å². The molecule has 1 amide bonds. The van der Waals surface area contributed by atoms with Crippen molar-refractivity contribution in [3.05, 3.63) is 66.0 Å². The third kappa shape index (κ3) is 4.59. The molecule has 29 heavy (non-hydrogen) atoms. The number of carbonyl (C=O) groups excluding carboxylic acids is 1. The number of fused-ring (bicyclic) bond motifs is 1. The number of hydrogen-bond donors (Lipinski definition) is 1. The zero-order chi connectivity index (χ0) is 20.2. The number of carbonyl (C=O) groups is 1. The van der Waals surface area contributed by atoms with Crippen LogP contribution < -0.4 is 10.1 Å². The van der Waals surface area contributed by atoms with Crippen molar-refractivity contribution < 1.29 is 18.3 Å². The van der Waals surface area contributed by atoms with E-state index in [1.54, 1.807) is 17.0 Å². The molecule has 2 aromatic carbocycles. The molecule has 0 spiro atoms. The van der Waals surface area contributed by atoms with Crippen LogP contribution in [0.25, 0.3) is 5.69 Å². The topological polar surface area (TPSA) is 56.1 Å². The van der Waals surface area contributed by atoms with Gasteiger partial charge in [-0.2, -0.15) is 0 Å². The number of aromatic nitrogens is 2. The molecule has 1 aliphatic rings. The Hall–Kier alpha value is -2.87. The number of amides is 1. The monoisotopic (exact) mass is 415 g/mol. The van der Waals surface area contributed by atoms with Crippen molar-refractivity contribution in [2.24, 2.45) is 0 Å². The number of hydrogen-bond acceptors (Lipinski definition) is 4. The molecule has 0 atom stereocenters. The third-order valence-electron chi connectivity index (χ3n) is 4.54. The number of nitrogens with zero attached hydrogens (tertiary/aromatic N) is 2. The minimum Gasteiger partial charge on any atom is -0.494 e. The molecule has 1 aromatic heterocycles. The van der Waals surface area contributed by atoms with Gasteiger partial charge in [0.05, 0.1) is 12.3 Å². The highest BCUT2D eigenvalue weighted by Crippen LogP contribution is 2.27. The number of nitrogens with one attached hydrogen (secondary N) is 1. The normalized spacial score (nSPS) is 13.1. The average molecular weight is 415 g/mol. The summed E-state index contributed by atoms with van der Waals surface area (Å²) in [6.45, 7) is 0.532. The molecule has 0 bridgehead atoms. The van der Waals surface area contributed by atoms with E-state index in [9.17, 15) is 13.6 Å². The van der Waals surface area contributed by atoms with Crippen LogP contribution in [-0.2, 0) is 11.2 Å². The van der Waals surface area contributed by atoms with Gasteiger partial charge in [-0.15, -0.1) is 0 Å². The zero-order valence-electron chi connectivity index (χ0n) is 15.5. The van der Waals surface area contributed by atoms with E-state index in [4.69, 9.17) is 4.74 Å². The lowest BCUT2D eigenvalue weighted by atomic mass is 10.0. The third-order valence-corrected chi connectivity index (χ3v) is 5.59. The first-order chi connectivity index (χ1) is 14.1. The second-order valence-electron chi connectivity index (χ2n) is 6.59. The molecule has 0 unspecified atom stereocenters. The molecule has 8 heteroatoms. The van der Waals surface area contributed by atoms with Crippen molar-refractivity contribution >= 4 is 23.4 Å². The maximum absolute atomic E-state index is 14.0. The zero-order valence-corrected chi connectivity index (χ0v) is 16.3. The summed E-state index contributed by atoms with van der Waals surface area (Å²) in [5, 5.41) is 3.49. The fraction of sp³-hybridized carbons (Fsp3) is 0.238. The molecule has 3 aromatic rings. The summed E-state index contributed by atoms with van der Waals surface area (Å²) in [7, 11) is 0. The van der Waals surface area contributed by atoms with Crippen molar-refractivity contribution in [3.63, 3.8) is 0 Å². The Kier molecular flexibility index (Phi) is 5.80. The minimum absolute atomic E-state index is 0.0436. The van der Waals surface area contributed by atoms with Crippen LogP contribution in [0.1, 0.15) is 18.4 Å². The van der Waals surface area contributed by atoms with Crippen molar-refractivity contribution in [2.75, 3.05) is 17.7 Å². The van der Waals surface area contributed by atoms with Gasteiger partial charge in [0.15, 0.2) is 5.16 Å². The van der Waals surface area contributed by atoms with Crippen LogP contribution in [0.2, 0.25) is 0 Å². The SMILES string of the molecule is O=C1CCc2cc(OCCCSc3nccn3-c3ccc(F)cc3F)ccc2N1. The van der Waals surface area contributed by atoms with Crippen molar-refractivity contribution in [1.29, 1.82) is 0 Å². The molecule has 1 aliphatic heterocycles. The highest BCUT2D eigenvalue weighted by molar-refractivity contribution is 7.99. The summed E-state index contributed by atoms with van der Waals surface area (Å²) in [6, 6.07) is 9.17. The van der Waals surface area contributed by atoms with E-state index >= 15 is 0 Å². The van der Waals surface area contributed by atoms with Crippen LogP contribution in [0.4, 0.5) is 14.5 Å². The molecule has 150 valence electrons. The van der Waals surface area contributed by atoms with Crippen LogP contribution in [0.15, 0.2) is 53.9 Å². The van der Waals surface area contributed by atoms with E-state index in [1.807, 2.05) is 18.2 Å². The van der Waals surface area contributed by atoms with Crippen molar-refractivity contribution in [2.45, 2.75) is 24.4 Å². The first-order valence-electron chi connectivity index (χ1n) is 9.27. The van der Waals surface area contributed by atoms with E-state index in [0.717, 1.165) is 41.7 Å². The van der Waals surface area contributed by atoms with Crippen LogP contribution in [0.5, 0.6) is 5.75 Å². The van der Waals surface area contributed by atoms with Gasteiger partial charge in [0.25, 0.3) is 0 Å². The Balaban J connectivity index is 1.29. The second-order valence-corrected chi connectivity index (χ2v) is 7.66. The van der Waals surface area contributed by atoms with Gasteiger partial charge in [0.2, 0.25) is 5.91 Å². The molecule has 0 aliphatic carbocycles. The summed E-state index contributed by atoms with van der Waals surface area (Å²) < 4.78 is 34.6. The minimum atomic E-state index is -0.628. The van der Waals surface area contributed by atoms with Gasteiger partial charge in [0, 0.05) is 36.3 Å². The quantitative estimate of drug-likeness (QED) is 0.453. The molecule has 2 heterocycles. The van der Waals surface area contributed by atoms with Crippen LogP contribution in [0, 0.1) is 11.6 Å². The van der Waals surface area contributed by atoms with Crippen molar-refractivity contribution in [1.82, 2.24) is 9.55 Å². The molecule has 0 saturated heterocycles. The van der Waals surface area contributed by atoms with Gasteiger partial charge in [-0.05, 0) is 48.7 Å². The molecular weight excluding hydrogens is 396 g/mol. The summed E-state index contributed by atoms with van der Waals surface area (Å²) in [6.07, 6.45) is 5.23. The summed E-state index contributed by atoms with van der Waals surface area (Å²) in [5.74, 6) is 0.321. The molecule has 0 saturated carbocycles. The maximum atomic E-state index is 14.0. The van der Waals surface area contributed by atoms with Gasteiger partial charge in [-0.3, -0.25) is 9.36 Å². The molecule has 0 radical (unpaired) electrons. The molecule has 4 rings (SSSR count). The number of imidazole rings is 1. The first kappa shape index (κ1) is 19.4. The Morgan fingerprint density at radius 2 is 2.07 bits per heavy atom.